The molecule has 0 fully saturated rings. The predicted octanol–water partition coefficient (Wildman–Crippen LogP) is 3.36. The largest absolute Gasteiger partial charge is 0.418 e. The quantitative estimate of drug-likeness (QED) is 0.760. The molecule has 2 heterocycles. The molecule has 2 aromatic heterocycles. The van der Waals surface area contributed by atoms with E-state index < -0.39 is 0 Å². The van der Waals surface area contributed by atoms with Crippen LogP contribution in [0.4, 0.5) is 0 Å². The summed E-state index contributed by atoms with van der Waals surface area (Å²) in [5.41, 5.74) is 0.824. The van der Waals surface area contributed by atoms with Crippen molar-refractivity contribution in [2.45, 2.75) is 47.0 Å². The molecule has 0 spiro atoms. The van der Waals surface area contributed by atoms with Crippen LogP contribution in [0.5, 0.6) is 0 Å². The summed E-state index contributed by atoms with van der Waals surface area (Å²) in [6, 6.07) is 1.83. The Balaban J connectivity index is 0.000000686. The van der Waals surface area contributed by atoms with E-state index >= 15 is 0 Å². The zero-order chi connectivity index (χ0) is 13.1. The molecule has 94 valence electrons. The lowest BCUT2D eigenvalue weighted by Gasteiger charge is -2.12. The first-order valence-corrected chi connectivity index (χ1v) is 5.74. The molecule has 2 aromatic rings. The van der Waals surface area contributed by atoms with Gasteiger partial charge in [-0.25, -0.2) is 0 Å². The van der Waals surface area contributed by atoms with E-state index in [1.165, 1.54) is 0 Å². The first-order valence-electron chi connectivity index (χ1n) is 5.74. The van der Waals surface area contributed by atoms with E-state index in [-0.39, 0.29) is 5.41 Å². The highest BCUT2D eigenvalue weighted by molar-refractivity contribution is 5.44. The molecule has 5 heteroatoms. The Morgan fingerprint density at radius 1 is 1.12 bits per heavy atom. The Morgan fingerprint density at radius 2 is 1.76 bits per heavy atom. The highest BCUT2D eigenvalue weighted by Gasteiger charge is 2.21. The van der Waals surface area contributed by atoms with Gasteiger partial charge in [0.05, 0.1) is 5.69 Å². The Bertz CT molecular complexity index is 466. The summed E-state index contributed by atoms with van der Waals surface area (Å²) >= 11 is 0. The number of hydrogen-bond acceptors (Lipinski definition) is 5. The summed E-state index contributed by atoms with van der Waals surface area (Å²) < 4.78 is 10.4. The second-order valence-electron chi connectivity index (χ2n) is 4.45. The SMILES string of the molecule is CC.Cc1nnc(-c2cc(C(C)(C)C)no2)o1. The zero-order valence-corrected chi connectivity index (χ0v) is 11.2. The fraction of sp³-hybridized carbons (Fsp3) is 0.583. The normalized spacial score (nSPS) is 10.9. The summed E-state index contributed by atoms with van der Waals surface area (Å²) in [7, 11) is 0. The van der Waals surface area contributed by atoms with Gasteiger partial charge >= 0.3 is 0 Å². The maximum Gasteiger partial charge on any atom is 0.286 e. The number of nitrogens with zero attached hydrogens (tertiary/aromatic N) is 3. The predicted molar refractivity (Wildman–Crippen MR) is 64.6 cm³/mol. The molecule has 0 aliphatic carbocycles. The van der Waals surface area contributed by atoms with Crippen LogP contribution < -0.4 is 0 Å². The minimum absolute atomic E-state index is 0.0448. The van der Waals surface area contributed by atoms with Crippen LogP contribution in [0.15, 0.2) is 15.0 Å². The molecule has 0 aliphatic rings. The van der Waals surface area contributed by atoms with E-state index in [1.807, 2.05) is 19.9 Å². The van der Waals surface area contributed by atoms with Gasteiger partial charge in [0.25, 0.3) is 5.89 Å². The van der Waals surface area contributed by atoms with Crippen LogP contribution in [0.25, 0.3) is 11.7 Å². The van der Waals surface area contributed by atoms with Gasteiger partial charge in [0.1, 0.15) is 0 Å². The molecule has 0 saturated carbocycles. The Labute approximate surface area is 101 Å². The number of rotatable bonds is 1. The standard InChI is InChI=1S/C10H13N3O2.C2H6/c1-6-11-12-9(14-6)7-5-8(13-15-7)10(2,3)4;1-2/h5H,1-4H3;1-2H3. The number of aryl methyl sites for hydroxylation is 1. The van der Waals surface area contributed by atoms with Crippen molar-refractivity contribution in [2.24, 2.45) is 0 Å². The van der Waals surface area contributed by atoms with Crippen molar-refractivity contribution in [1.29, 1.82) is 0 Å². The van der Waals surface area contributed by atoms with Gasteiger partial charge in [-0.05, 0) is 0 Å². The molecular weight excluding hydrogens is 218 g/mol. The molecule has 0 unspecified atom stereocenters. The zero-order valence-electron chi connectivity index (χ0n) is 11.2. The summed E-state index contributed by atoms with van der Waals surface area (Å²) in [4.78, 5) is 0. The third kappa shape index (κ3) is 3.15. The lowest BCUT2D eigenvalue weighted by atomic mass is 9.92. The van der Waals surface area contributed by atoms with E-state index in [2.05, 4.69) is 36.1 Å². The van der Waals surface area contributed by atoms with E-state index in [1.54, 1.807) is 6.92 Å². The van der Waals surface area contributed by atoms with Crippen LogP contribution in [0.1, 0.15) is 46.2 Å². The molecular formula is C12H19N3O2. The Hall–Kier alpha value is -1.65. The monoisotopic (exact) mass is 237 g/mol. The maximum absolute atomic E-state index is 5.24. The second kappa shape index (κ2) is 5.12. The van der Waals surface area contributed by atoms with Crippen LogP contribution in [0, 0.1) is 6.92 Å². The molecule has 0 aromatic carbocycles. The second-order valence-corrected chi connectivity index (χ2v) is 4.45. The van der Waals surface area contributed by atoms with Gasteiger partial charge in [-0.15, -0.1) is 10.2 Å². The van der Waals surface area contributed by atoms with E-state index in [4.69, 9.17) is 8.94 Å². The third-order valence-electron chi connectivity index (χ3n) is 2.02. The van der Waals surface area contributed by atoms with Gasteiger partial charge in [-0.2, -0.15) is 0 Å². The third-order valence-corrected chi connectivity index (χ3v) is 2.02. The van der Waals surface area contributed by atoms with E-state index in [9.17, 15) is 0 Å². The first kappa shape index (κ1) is 13.4. The fourth-order valence-electron chi connectivity index (χ4n) is 1.13. The molecule has 0 bridgehead atoms. The molecule has 2 rings (SSSR count). The smallest absolute Gasteiger partial charge is 0.286 e. The van der Waals surface area contributed by atoms with Crippen molar-refractivity contribution in [2.75, 3.05) is 0 Å². The summed E-state index contributed by atoms with van der Waals surface area (Å²) in [5.74, 6) is 1.40. The van der Waals surface area contributed by atoms with Gasteiger partial charge < -0.3 is 8.94 Å². The van der Waals surface area contributed by atoms with Crippen LogP contribution >= 0.6 is 0 Å². The fourth-order valence-corrected chi connectivity index (χ4v) is 1.13. The van der Waals surface area contributed by atoms with Crippen LogP contribution in [-0.4, -0.2) is 15.4 Å². The molecule has 0 amide bonds. The highest BCUT2D eigenvalue weighted by atomic mass is 16.5. The lowest BCUT2D eigenvalue weighted by Crippen LogP contribution is -2.10. The van der Waals surface area contributed by atoms with Crippen LogP contribution in [0.3, 0.4) is 0 Å². The van der Waals surface area contributed by atoms with E-state index in [0.717, 1.165) is 5.69 Å². The molecule has 17 heavy (non-hydrogen) atoms. The maximum atomic E-state index is 5.24. The molecule has 0 aliphatic heterocycles. The number of aromatic nitrogens is 3. The van der Waals surface area contributed by atoms with Crippen molar-refractivity contribution in [3.8, 4) is 11.7 Å². The van der Waals surface area contributed by atoms with Gasteiger partial charge in [0, 0.05) is 18.4 Å². The van der Waals surface area contributed by atoms with Gasteiger partial charge in [-0.3, -0.25) is 0 Å². The van der Waals surface area contributed by atoms with Crippen molar-refractivity contribution >= 4 is 0 Å². The summed E-state index contributed by atoms with van der Waals surface area (Å²) in [6.07, 6.45) is 0. The molecule has 0 N–H and O–H groups in total. The van der Waals surface area contributed by atoms with Gasteiger partial charge in [-0.1, -0.05) is 39.8 Å². The minimum Gasteiger partial charge on any atom is -0.418 e. The van der Waals surface area contributed by atoms with Crippen molar-refractivity contribution in [3.63, 3.8) is 0 Å². The van der Waals surface area contributed by atoms with Gasteiger partial charge in [0.2, 0.25) is 11.7 Å². The van der Waals surface area contributed by atoms with E-state index in [0.29, 0.717) is 17.5 Å². The number of hydrogen-bond donors (Lipinski definition) is 0. The Morgan fingerprint density at radius 3 is 2.18 bits per heavy atom. The minimum atomic E-state index is -0.0448. The lowest BCUT2D eigenvalue weighted by molar-refractivity contribution is 0.389. The average Bonchev–Trinajstić information content (AvgIpc) is 2.87. The van der Waals surface area contributed by atoms with Gasteiger partial charge in [0.15, 0.2) is 0 Å². The van der Waals surface area contributed by atoms with Crippen LogP contribution in [0.2, 0.25) is 0 Å². The molecule has 0 radical (unpaired) electrons. The summed E-state index contributed by atoms with van der Waals surface area (Å²) in [6.45, 7) is 11.9. The molecule has 5 nitrogen and oxygen atoms in total. The molecule has 0 atom stereocenters. The van der Waals surface area contributed by atoms with Crippen molar-refractivity contribution in [3.05, 3.63) is 17.7 Å². The molecule has 0 saturated heterocycles. The summed E-state index contributed by atoms with van der Waals surface area (Å²) in [5, 5.41) is 11.6. The first-order chi connectivity index (χ1) is 7.97. The topological polar surface area (TPSA) is 65.0 Å². The average molecular weight is 237 g/mol. The highest BCUT2D eigenvalue weighted by Crippen LogP contribution is 2.26. The van der Waals surface area contributed by atoms with Crippen molar-refractivity contribution < 1.29 is 8.94 Å². The van der Waals surface area contributed by atoms with Crippen molar-refractivity contribution in [1.82, 2.24) is 15.4 Å². The van der Waals surface area contributed by atoms with Crippen LogP contribution in [-0.2, 0) is 5.41 Å². The Kier molecular flexibility index (Phi) is 4.04.